The molecule has 7 heteroatoms. The second-order valence-corrected chi connectivity index (χ2v) is 10.0. The third-order valence-corrected chi connectivity index (χ3v) is 6.61. The SMILES string of the molecule is CN(CCC(O)(Cn1cnc(-c2ccccc2F)cc1=O)C(C)(C)C)C(=O)CCC1CC1. The van der Waals surface area contributed by atoms with Gasteiger partial charge >= 0.3 is 0 Å². The van der Waals surface area contributed by atoms with E-state index >= 15 is 0 Å². The summed E-state index contributed by atoms with van der Waals surface area (Å²) in [6.07, 6.45) is 5.59. The number of benzene rings is 1. The van der Waals surface area contributed by atoms with Crippen molar-refractivity contribution in [1.82, 2.24) is 14.5 Å². The minimum Gasteiger partial charge on any atom is -0.387 e. The highest BCUT2D eigenvalue weighted by Gasteiger charge is 2.40. The summed E-state index contributed by atoms with van der Waals surface area (Å²) in [6.45, 7) is 6.16. The van der Waals surface area contributed by atoms with Gasteiger partial charge < -0.3 is 10.0 Å². The molecule has 0 radical (unpaired) electrons. The van der Waals surface area contributed by atoms with Crippen LogP contribution in [0.1, 0.15) is 52.9 Å². The molecule has 174 valence electrons. The van der Waals surface area contributed by atoms with Gasteiger partial charge in [0, 0.05) is 31.6 Å². The van der Waals surface area contributed by atoms with E-state index in [4.69, 9.17) is 0 Å². The van der Waals surface area contributed by atoms with Crippen LogP contribution in [0.25, 0.3) is 11.3 Å². The van der Waals surface area contributed by atoms with Crippen molar-refractivity contribution in [2.24, 2.45) is 11.3 Å². The highest BCUT2D eigenvalue weighted by molar-refractivity contribution is 5.75. The second-order valence-electron chi connectivity index (χ2n) is 10.0. The summed E-state index contributed by atoms with van der Waals surface area (Å²) in [5.74, 6) is 0.338. The van der Waals surface area contributed by atoms with Crippen LogP contribution >= 0.6 is 0 Å². The molecular weight excluding hydrogens is 409 g/mol. The van der Waals surface area contributed by atoms with Crippen LogP contribution in [-0.2, 0) is 11.3 Å². The van der Waals surface area contributed by atoms with Crippen molar-refractivity contribution in [3.8, 4) is 11.3 Å². The summed E-state index contributed by atoms with van der Waals surface area (Å²) in [4.78, 5) is 31.1. The molecule has 0 spiro atoms. The predicted molar refractivity (Wildman–Crippen MR) is 123 cm³/mol. The first-order valence-electron chi connectivity index (χ1n) is 11.3. The molecule has 1 aliphatic rings. The van der Waals surface area contributed by atoms with E-state index < -0.39 is 16.8 Å². The van der Waals surface area contributed by atoms with Gasteiger partial charge in [0.2, 0.25) is 5.91 Å². The van der Waals surface area contributed by atoms with E-state index in [0.29, 0.717) is 25.3 Å². The van der Waals surface area contributed by atoms with Crippen molar-refractivity contribution >= 4 is 5.91 Å². The van der Waals surface area contributed by atoms with Crippen molar-refractivity contribution in [3.05, 3.63) is 52.8 Å². The first kappa shape index (κ1) is 24.1. The summed E-state index contributed by atoms with van der Waals surface area (Å²) in [7, 11) is 1.76. The lowest BCUT2D eigenvalue weighted by molar-refractivity contribution is -0.132. The van der Waals surface area contributed by atoms with Crippen LogP contribution in [0, 0.1) is 17.2 Å². The van der Waals surface area contributed by atoms with E-state index in [1.807, 2.05) is 20.8 Å². The largest absolute Gasteiger partial charge is 0.387 e. The molecule has 3 rings (SSSR count). The summed E-state index contributed by atoms with van der Waals surface area (Å²) in [5, 5.41) is 11.5. The molecule has 1 amide bonds. The number of amides is 1. The fraction of sp³-hybridized carbons (Fsp3) is 0.560. The minimum absolute atomic E-state index is 0.0317. The van der Waals surface area contributed by atoms with Gasteiger partial charge in [0.1, 0.15) is 5.82 Å². The zero-order valence-electron chi connectivity index (χ0n) is 19.5. The minimum atomic E-state index is -1.25. The smallest absolute Gasteiger partial charge is 0.253 e. The molecule has 0 bridgehead atoms. The molecule has 1 heterocycles. The van der Waals surface area contributed by atoms with Crippen LogP contribution in [0.3, 0.4) is 0 Å². The highest BCUT2D eigenvalue weighted by Crippen LogP contribution is 2.35. The fourth-order valence-electron chi connectivity index (χ4n) is 3.74. The summed E-state index contributed by atoms with van der Waals surface area (Å²) < 4.78 is 15.4. The van der Waals surface area contributed by atoms with Crippen LogP contribution in [-0.4, -0.2) is 44.7 Å². The Bertz CT molecular complexity index is 1010. The third kappa shape index (κ3) is 5.82. The average molecular weight is 444 g/mol. The lowest BCUT2D eigenvalue weighted by Gasteiger charge is -2.41. The quantitative estimate of drug-likeness (QED) is 0.639. The number of hydrogen-bond donors (Lipinski definition) is 1. The van der Waals surface area contributed by atoms with Gasteiger partial charge in [0.15, 0.2) is 0 Å². The van der Waals surface area contributed by atoms with Gasteiger partial charge in [-0.05, 0) is 36.3 Å². The highest BCUT2D eigenvalue weighted by atomic mass is 19.1. The maximum absolute atomic E-state index is 14.1. The number of aliphatic hydroxyl groups is 1. The number of carbonyl (C=O) groups excluding carboxylic acids is 1. The lowest BCUT2D eigenvalue weighted by atomic mass is 9.74. The van der Waals surface area contributed by atoms with Crippen LogP contribution in [0.5, 0.6) is 0 Å². The molecular formula is C25H34FN3O3. The molecule has 1 fully saturated rings. The number of aromatic nitrogens is 2. The topological polar surface area (TPSA) is 75.4 Å². The van der Waals surface area contributed by atoms with E-state index in [1.165, 1.54) is 35.9 Å². The Morgan fingerprint density at radius 1 is 1.28 bits per heavy atom. The fourth-order valence-corrected chi connectivity index (χ4v) is 3.74. The Morgan fingerprint density at radius 2 is 1.97 bits per heavy atom. The van der Waals surface area contributed by atoms with Crippen molar-refractivity contribution in [2.45, 2.75) is 65.0 Å². The summed E-state index contributed by atoms with van der Waals surface area (Å²) >= 11 is 0. The molecule has 1 aliphatic carbocycles. The number of carbonyl (C=O) groups is 1. The Hall–Kier alpha value is -2.54. The maximum atomic E-state index is 14.1. The van der Waals surface area contributed by atoms with Gasteiger partial charge in [-0.3, -0.25) is 14.2 Å². The molecule has 6 nitrogen and oxygen atoms in total. The van der Waals surface area contributed by atoms with E-state index in [-0.39, 0.29) is 29.3 Å². The predicted octanol–water partition coefficient (Wildman–Crippen LogP) is 3.87. The molecule has 32 heavy (non-hydrogen) atoms. The van der Waals surface area contributed by atoms with Crippen LogP contribution in [0.4, 0.5) is 4.39 Å². The Morgan fingerprint density at radius 3 is 2.56 bits per heavy atom. The summed E-state index contributed by atoms with van der Waals surface area (Å²) in [5.41, 5.74) is -1.65. The number of halogens is 1. The molecule has 0 aliphatic heterocycles. The van der Waals surface area contributed by atoms with Gasteiger partial charge in [-0.2, -0.15) is 0 Å². The second kappa shape index (κ2) is 9.53. The summed E-state index contributed by atoms with van der Waals surface area (Å²) in [6, 6.07) is 7.45. The van der Waals surface area contributed by atoms with E-state index in [0.717, 1.165) is 6.42 Å². The van der Waals surface area contributed by atoms with Crippen LogP contribution < -0.4 is 5.56 Å². The van der Waals surface area contributed by atoms with E-state index in [9.17, 15) is 19.1 Å². The van der Waals surface area contributed by atoms with Crippen molar-refractivity contribution < 1.29 is 14.3 Å². The first-order valence-corrected chi connectivity index (χ1v) is 11.3. The first-order chi connectivity index (χ1) is 15.0. The average Bonchev–Trinajstić information content (AvgIpc) is 3.56. The molecule has 1 atom stereocenters. The zero-order chi connectivity index (χ0) is 23.5. The molecule has 1 aromatic heterocycles. The number of hydrogen-bond acceptors (Lipinski definition) is 4. The van der Waals surface area contributed by atoms with Gasteiger partial charge in [-0.25, -0.2) is 9.37 Å². The number of rotatable bonds is 9. The molecule has 2 aromatic rings. The molecule has 0 saturated heterocycles. The van der Waals surface area contributed by atoms with Gasteiger partial charge in [0.25, 0.3) is 5.56 Å². The third-order valence-electron chi connectivity index (χ3n) is 6.61. The van der Waals surface area contributed by atoms with E-state index in [1.54, 1.807) is 30.1 Å². The molecule has 1 N–H and O–H groups in total. The molecule has 1 aromatic carbocycles. The maximum Gasteiger partial charge on any atom is 0.253 e. The van der Waals surface area contributed by atoms with E-state index in [2.05, 4.69) is 4.98 Å². The van der Waals surface area contributed by atoms with Crippen molar-refractivity contribution in [1.29, 1.82) is 0 Å². The number of nitrogens with zero attached hydrogens (tertiary/aromatic N) is 3. The van der Waals surface area contributed by atoms with Gasteiger partial charge in [-0.1, -0.05) is 45.7 Å². The Kier molecular flexibility index (Phi) is 7.18. The molecule has 1 unspecified atom stereocenters. The van der Waals surface area contributed by atoms with Crippen LogP contribution in [0.15, 0.2) is 41.5 Å². The standard InChI is InChI=1S/C25H34FN3O3/c1-24(2,3)25(32,13-14-28(4)22(30)12-11-18-9-10-18)16-29-17-27-21(15-23(29)31)19-7-5-6-8-20(19)26/h5-8,15,17-18,32H,9-14,16H2,1-4H3. The Balaban J connectivity index is 1.72. The van der Waals surface area contributed by atoms with Crippen molar-refractivity contribution in [3.63, 3.8) is 0 Å². The lowest BCUT2D eigenvalue weighted by Crippen LogP contribution is -2.50. The zero-order valence-corrected chi connectivity index (χ0v) is 19.5. The van der Waals surface area contributed by atoms with Crippen LogP contribution in [0.2, 0.25) is 0 Å². The van der Waals surface area contributed by atoms with Crippen molar-refractivity contribution in [2.75, 3.05) is 13.6 Å². The normalized spacial score (nSPS) is 15.9. The van der Waals surface area contributed by atoms with Gasteiger partial charge in [-0.15, -0.1) is 0 Å². The Labute approximate surface area is 189 Å². The van der Waals surface area contributed by atoms with Gasteiger partial charge in [0.05, 0.1) is 24.2 Å². The monoisotopic (exact) mass is 443 g/mol. The molecule has 1 saturated carbocycles.